The van der Waals surface area contributed by atoms with Gasteiger partial charge in [0.25, 0.3) is 5.91 Å². The molecule has 3 rings (SSSR count). The van der Waals surface area contributed by atoms with E-state index >= 15 is 0 Å². The second-order valence-electron chi connectivity index (χ2n) is 8.68. The van der Waals surface area contributed by atoms with E-state index in [2.05, 4.69) is 11.4 Å². The molecule has 0 spiro atoms. The lowest BCUT2D eigenvalue weighted by Gasteiger charge is -2.27. The van der Waals surface area contributed by atoms with Gasteiger partial charge in [-0.2, -0.15) is 8.42 Å². The molecule has 1 aliphatic carbocycles. The highest BCUT2D eigenvalue weighted by atomic mass is 32.3. The highest BCUT2D eigenvalue weighted by Gasteiger charge is 2.20. The van der Waals surface area contributed by atoms with Gasteiger partial charge in [0.1, 0.15) is 11.5 Å². The number of hydrogen-bond acceptors (Lipinski definition) is 8. The third-order valence-corrected chi connectivity index (χ3v) is 5.74. The molecular weight excluding hydrogens is 492 g/mol. The number of carbonyl (C=O) groups is 1. The fourth-order valence-electron chi connectivity index (χ4n) is 3.80. The van der Waals surface area contributed by atoms with Crippen molar-refractivity contribution in [1.82, 2.24) is 10.2 Å². The number of aliphatic hydroxyl groups is 2. The van der Waals surface area contributed by atoms with E-state index < -0.39 is 16.5 Å². The Morgan fingerprint density at radius 3 is 2.50 bits per heavy atom. The van der Waals surface area contributed by atoms with Crippen LogP contribution in [0.25, 0.3) is 0 Å². The van der Waals surface area contributed by atoms with Gasteiger partial charge in [0.15, 0.2) is 6.61 Å². The van der Waals surface area contributed by atoms with Crippen LogP contribution in [-0.4, -0.2) is 83.5 Å². The molecule has 2 aromatic rings. The first-order valence-corrected chi connectivity index (χ1v) is 12.8. The van der Waals surface area contributed by atoms with Crippen LogP contribution < -0.4 is 10.1 Å². The van der Waals surface area contributed by atoms with Crippen LogP contribution in [-0.2, 0) is 34.5 Å². The molecule has 1 amide bonds. The van der Waals surface area contributed by atoms with E-state index in [1.165, 1.54) is 16.0 Å². The summed E-state index contributed by atoms with van der Waals surface area (Å²) >= 11 is 0. The minimum absolute atomic E-state index is 0.0184. The number of benzene rings is 2. The van der Waals surface area contributed by atoms with E-state index in [-0.39, 0.29) is 30.9 Å². The van der Waals surface area contributed by atoms with Gasteiger partial charge in [-0.1, -0.05) is 12.1 Å². The first-order valence-electron chi connectivity index (χ1n) is 11.4. The zero-order valence-corrected chi connectivity index (χ0v) is 21.1. The number of hydrogen-bond donors (Lipinski definition) is 6. The average molecular weight is 527 g/mol. The Kier molecular flexibility index (Phi) is 11.1. The topological polar surface area (TPSA) is 177 Å². The molecule has 2 atom stereocenters. The zero-order chi connectivity index (χ0) is 26.9. The van der Waals surface area contributed by atoms with Crippen LogP contribution in [0.1, 0.15) is 34.8 Å². The quantitative estimate of drug-likeness (QED) is 0.258. The van der Waals surface area contributed by atoms with Crippen molar-refractivity contribution in [1.29, 1.82) is 0 Å². The molecule has 11 nitrogen and oxygen atoms in total. The molecule has 0 heterocycles. The summed E-state index contributed by atoms with van der Waals surface area (Å²) < 4.78 is 37.2. The Hall–Kier alpha value is -2.74. The maximum Gasteiger partial charge on any atom is 0.394 e. The van der Waals surface area contributed by atoms with Crippen molar-refractivity contribution in [2.45, 2.75) is 37.8 Å². The number of aryl methyl sites for hydroxylation is 1. The number of amides is 1. The molecule has 1 aliphatic rings. The summed E-state index contributed by atoms with van der Waals surface area (Å²) in [6.07, 6.45) is 2.39. The predicted octanol–water partition coefficient (Wildman–Crippen LogP) is 0.922. The van der Waals surface area contributed by atoms with E-state index in [0.717, 1.165) is 19.3 Å². The molecule has 0 saturated carbocycles. The van der Waals surface area contributed by atoms with Crippen LogP contribution in [0, 0.1) is 0 Å². The van der Waals surface area contributed by atoms with E-state index in [1.54, 1.807) is 32.3 Å². The summed E-state index contributed by atoms with van der Waals surface area (Å²) in [5, 5.41) is 33.0. The number of carbonyl (C=O) groups excluding carboxylic acids is 1. The number of nitrogens with one attached hydrogen (secondary N) is 1. The highest BCUT2D eigenvalue weighted by molar-refractivity contribution is 7.79. The third-order valence-electron chi connectivity index (χ3n) is 5.74. The van der Waals surface area contributed by atoms with E-state index in [4.69, 9.17) is 27.4 Å². The van der Waals surface area contributed by atoms with E-state index in [0.29, 0.717) is 29.8 Å². The summed E-state index contributed by atoms with van der Waals surface area (Å²) in [5.74, 6) is 0.741. The number of aromatic hydroxyl groups is 1. The molecule has 0 unspecified atom stereocenters. The Balaban J connectivity index is 0.000000830. The van der Waals surface area contributed by atoms with Gasteiger partial charge in [0, 0.05) is 33.3 Å². The summed E-state index contributed by atoms with van der Waals surface area (Å²) in [7, 11) is -1.26. The fraction of sp³-hybridized carbons (Fsp3) is 0.458. The fourth-order valence-corrected chi connectivity index (χ4v) is 3.80. The number of phenols is 1. The molecule has 0 aliphatic heterocycles. The Morgan fingerprint density at radius 2 is 1.86 bits per heavy atom. The van der Waals surface area contributed by atoms with Crippen molar-refractivity contribution in [3.05, 3.63) is 58.7 Å². The van der Waals surface area contributed by atoms with Gasteiger partial charge >= 0.3 is 10.4 Å². The zero-order valence-electron chi connectivity index (χ0n) is 20.3. The lowest BCUT2D eigenvalue weighted by molar-refractivity contribution is -0.130. The van der Waals surface area contributed by atoms with Gasteiger partial charge < -0.3 is 30.3 Å². The second-order valence-corrected chi connectivity index (χ2v) is 9.58. The maximum atomic E-state index is 11.7. The molecule has 0 aromatic heterocycles. The van der Waals surface area contributed by atoms with Gasteiger partial charge in [0.2, 0.25) is 0 Å². The van der Waals surface area contributed by atoms with Crippen LogP contribution in [0.4, 0.5) is 0 Å². The molecule has 0 fully saturated rings. The van der Waals surface area contributed by atoms with Crippen molar-refractivity contribution < 1.29 is 42.4 Å². The highest BCUT2D eigenvalue weighted by Crippen LogP contribution is 2.27. The molecule has 0 radical (unpaired) electrons. The summed E-state index contributed by atoms with van der Waals surface area (Å²) in [5.41, 5.74) is 3.83. The normalized spacial score (nSPS) is 15.8. The smallest absolute Gasteiger partial charge is 0.394 e. The van der Waals surface area contributed by atoms with Crippen molar-refractivity contribution in [2.75, 3.05) is 33.9 Å². The molecular formula is C24H34N2O9S. The molecule has 0 bridgehead atoms. The maximum absolute atomic E-state index is 11.7. The summed E-state index contributed by atoms with van der Waals surface area (Å²) in [6, 6.07) is 11.2. The van der Waals surface area contributed by atoms with E-state index in [9.17, 15) is 15.0 Å². The van der Waals surface area contributed by atoms with E-state index in [1.807, 2.05) is 12.1 Å². The lowest BCUT2D eigenvalue weighted by atomic mass is 9.88. The van der Waals surface area contributed by atoms with Crippen LogP contribution in [0.15, 0.2) is 36.4 Å². The molecule has 12 heteroatoms. The number of aliphatic hydroxyl groups excluding tert-OH is 2. The minimum atomic E-state index is -4.67. The third kappa shape index (κ3) is 10.1. The number of rotatable bonds is 9. The molecule has 6 N–H and O–H groups in total. The van der Waals surface area contributed by atoms with Crippen molar-refractivity contribution in [3.8, 4) is 11.5 Å². The number of likely N-dealkylation sites (N-methyl/N-ethyl adjacent to an activating group) is 1. The predicted molar refractivity (Wildman–Crippen MR) is 132 cm³/mol. The molecule has 0 saturated heterocycles. The largest absolute Gasteiger partial charge is 0.508 e. The standard InChI is InChI=1S/C24H32N2O5.H2O4S/c1-26(2)24(30)15-31-21-7-4-16-3-6-20(12-19(16)13-21)25-14-23(29)17-5-8-22(28)18(11-17)9-10-27;1-5(2,3)4/h4-5,7-8,11,13,20,23,25,27-29H,3,6,9-10,12,14-15H2,1-2H3;(H2,1,2,3,4)/t20-,23-;/m0./s1. The van der Waals surface area contributed by atoms with Crippen molar-refractivity contribution >= 4 is 16.3 Å². The van der Waals surface area contributed by atoms with Crippen LogP contribution in [0.5, 0.6) is 11.5 Å². The van der Waals surface area contributed by atoms with Gasteiger partial charge in [-0.25, -0.2) is 0 Å². The SMILES string of the molecule is CN(C)C(=O)COc1ccc2c(c1)C[C@@H](NC[C@H](O)c1ccc(O)c(CCO)c1)CC2.O=S(=O)(O)O. The number of phenolic OH excluding ortho intramolecular Hbond substituents is 1. The number of fused-ring (bicyclic) bond motifs is 1. The Morgan fingerprint density at radius 1 is 1.17 bits per heavy atom. The monoisotopic (exact) mass is 526 g/mol. The Bertz CT molecular complexity index is 1110. The van der Waals surface area contributed by atoms with Gasteiger partial charge in [0.05, 0.1) is 6.10 Å². The van der Waals surface area contributed by atoms with Gasteiger partial charge in [-0.3, -0.25) is 13.9 Å². The molecule has 36 heavy (non-hydrogen) atoms. The summed E-state index contributed by atoms with van der Waals surface area (Å²) in [6.45, 7) is 0.364. The van der Waals surface area contributed by atoms with Crippen molar-refractivity contribution in [2.24, 2.45) is 0 Å². The molecule has 2 aromatic carbocycles. The lowest BCUT2D eigenvalue weighted by Crippen LogP contribution is -2.37. The van der Waals surface area contributed by atoms with Crippen LogP contribution >= 0.6 is 0 Å². The van der Waals surface area contributed by atoms with Crippen molar-refractivity contribution in [3.63, 3.8) is 0 Å². The molecule has 200 valence electrons. The van der Waals surface area contributed by atoms with Crippen LogP contribution in [0.3, 0.4) is 0 Å². The van der Waals surface area contributed by atoms with Crippen LogP contribution in [0.2, 0.25) is 0 Å². The minimum Gasteiger partial charge on any atom is -0.508 e. The number of nitrogens with zero attached hydrogens (tertiary/aromatic N) is 1. The van der Waals surface area contributed by atoms with Gasteiger partial charge in [-0.15, -0.1) is 0 Å². The average Bonchev–Trinajstić information content (AvgIpc) is 2.81. The first-order chi connectivity index (χ1) is 16.9. The first kappa shape index (κ1) is 29.5. The number of ether oxygens (including phenoxy) is 1. The Labute approximate surface area is 210 Å². The summed E-state index contributed by atoms with van der Waals surface area (Å²) in [4.78, 5) is 13.2. The van der Waals surface area contributed by atoms with Gasteiger partial charge in [-0.05, 0) is 72.2 Å². The second kappa shape index (κ2) is 13.5.